The number of rotatable bonds is 6. The second-order valence-corrected chi connectivity index (χ2v) is 7.38. The molecule has 0 radical (unpaired) electrons. The molecule has 0 aliphatic heterocycles. The smallest absolute Gasteiger partial charge is 0.265 e. The molecule has 0 spiro atoms. The molecule has 3 rings (SSSR count). The van der Waals surface area contributed by atoms with Crippen molar-refractivity contribution in [2.75, 3.05) is 4.72 Å². The highest BCUT2D eigenvalue weighted by atomic mass is 32.2. The Balaban J connectivity index is 1.92. The quantitative estimate of drug-likeness (QED) is 0.872. The summed E-state index contributed by atoms with van der Waals surface area (Å²) < 4.78 is 29.8. The van der Waals surface area contributed by atoms with Gasteiger partial charge in [0.2, 0.25) is 0 Å². The van der Waals surface area contributed by atoms with Gasteiger partial charge >= 0.3 is 0 Å². The molecule has 1 fully saturated rings. The monoisotopic (exact) mass is 335 g/mol. The third-order valence-electron chi connectivity index (χ3n) is 3.99. The molecule has 2 aromatic heterocycles. The number of aromatic nitrogens is 4. The number of nitrogens with zero attached hydrogens (tertiary/aromatic N) is 4. The lowest BCUT2D eigenvalue weighted by Crippen LogP contribution is -2.16. The van der Waals surface area contributed by atoms with Crippen LogP contribution in [0.25, 0.3) is 0 Å². The Morgan fingerprint density at radius 2 is 1.87 bits per heavy atom. The van der Waals surface area contributed by atoms with Crippen molar-refractivity contribution in [1.82, 2.24) is 19.7 Å². The van der Waals surface area contributed by atoms with Gasteiger partial charge in [-0.25, -0.2) is 18.4 Å². The molecule has 1 saturated carbocycles. The Labute approximate surface area is 136 Å². The van der Waals surface area contributed by atoms with Crippen molar-refractivity contribution in [3.8, 4) is 0 Å². The number of sulfonamides is 1. The molecule has 2 heterocycles. The predicted molar refractivity (Wildman–Crippen MR) is 86.8 cm³/mol. The molecule has 7 nitrogen and oxygen atoms in total. The van der Waals surface area contributed by atoms with Gasteiger partial charge in [-0.1, -0.05) is 13.8 Å². The molecule has 23 heavy (non-hydrogen) atoms. The first-order chi connectivity index (χ1) is 11.0. The van der Waals surface area contributed by atoms with Gasteiger partial charge in [-0.3, -0.25) is 9.40 Å². The number of hydrogen-bond donors (Lipinski definition) is 1. The molecule has 0 atom stereocenters. The molecule has 0 aromatic carbocycles. The minimum Gasteiger partial charge on any atom is -0.276 e. The summed E-state index contributed by atoms with van der Waals surface area (Å²) in [5, 5.41) is 4.32. The SMILES string of the molecule is CCc1nn(C)c(CC)c1S(=O)(=O)Nc1cnc(C2CC2)nc1. The first kappa shape index (κ1) is 15.9. The maximum Gasteiger partial charge on any atom is 0.265 e. The van der Waals surface area contributed by atoms with Crippen LogP contribution in [0, 0.1) is 0 Å². The summed E-state index contributed by atoms with van der Waals surface area (Å²) >= 11 is 0. The molecule has 0 saturated heterocycles. The summed E-state index contributed by atoms with van der Waals surface area (Å²) in [6, 6.07) is 0. The van der Waals surface area contributed by atoms with Crippen molar-refractivity contribution in [3.63, 3.8) is 0 Å². The van der Waals surface area contributed by atoms with Crippen LogP contribution in [0.3, 0.4) is 0 Å². The third-order valence-corrected chi connectivity index (χ3v) is 5.50. The Bertz CT molecular complexity index is 807. The summed E-state index contributed by atoms with van der Waals surface area (Å²) in [5.41, 5.74) is 1.65. The fraction of sp³-hybridized carbons (Fsp3) is 0.533. The van der Waals surface area contributed by atoms with Crippen molar-refractivity contribution in [2.24, 2.45) is 7.05 Å². The van der Waals surface area contributed by atoms with Crippen LogP contribution in [0.4, 0.5) is 5.69 Å². The van der Waals surface area contributed by atoms with Crippen molar-refractivity contribution in [1.29, 1.82) is 0 Å². The molecule has 0 bridgehead atoms. The minimum absolute atomic E-state index is 0.274. The van der Waals surface area contributed by atoms with E-state index in [4.69, 9.17) is 0 Å². The second kappa shape index (κ2) is 5.92. The van der Waals surface area contributed by atoms with E-state index in [1.807, 2.05) is 13.8 Å². The van der Waals surface area contributed by atoms with E-state index < -0.39 is 10.0 Å². The molecule has 0 amide bonds. The van der Waals surface area contributed by atoms with Gasteiger partial charge in [0.05, 0.1) is 29.5 Å². The van der Waals surface area contributed by atoms with Crippen LogP contribution in [0.5, 0.6) is 0 Å². The van der Waals surface area contributed by atoms with Gasteiger partial charge in [0.1, 0.15) is 10.7 Å². The number of nitrogens with one attached hydrogen (secondary N) is 1. The highest BCUT2D eigenvalue weighted by Gasteiger charge is 2.28. The zero-order valence-corrected chi connectivity index (χ0v) is 14.4. The normalized spacial score (nSPS) is 14.9. The van der Waals surface area contributed by atoms with E-state index in [0.29, 0.717) is 35.8 Å². The molecular weight excluding hydrogens is 314 g/mol. The standard InChI is InChI=1S/C15H21N5O2S/c1-4-12-14(13(5-2)20(3)18-12)23(21,22)19-11-8-16-15(17-9-11)10-6-7-10/h8-10,19H,4-7H2,1-3H3. The number of hydrogen-bond acceptors (Lipinski definition) is 5. The molecular formula is C15H21N5O2S. The lowest BCUT2D eigenvalue weighted by molar-refractivity contribution is 0.598. The van der Waals surface area contributed by atoms with Crippen LogP contribution in [0.15, 0.2) is 17.3 Å². The van der Waals surface area contributed by atoms with Crippen LogP contribution in [0.2, 0.25) is 0 Å². The zero-order valence-electron chi connectivity index (χ0n) is 13.6. The van der Waals surface area contributed by atoms with Gasteiger partial charge in [0.15, 0.2) is 0 Å². The topological polar surface area (TPSA) is 89.8 Å². The lowest BCUT2D eigenvalue weighted by atomic mass is 10.2. The maximum atomic E-state index is 12.8. The average Bonchev–Trinajstić information content (AvgIpc) is 3.30. The van der Waals surface area contributed by atoms with Gasteiger partial charge in [-0.05, 0) is 25.7 Å². The fourth-order valence-corrected chi connectivity index (χ4v) is 4.28. The second-order valence-electron chi connectivity index (χ2n) is 5.76. The van der Waals surface area contributed by atoms with Crippen LogP contribution in [-0.4, -0.2) is 28.2 Å². The summed E-state index contributed by atoms with van der Waals surface area (Å²) in [6.07, 6.45) is 6.44. The van der Waals surface area contributed by atoms with E-state index in [1.165, 1.54) is 12.4 Å². The van der Waals surface area contributed by atoms with Crippen molar-refractivity contribution >= 4 is 15.7 Å². The van der Waals surface area contributed by atoms with Crippen LogP contribution < -0.4 is 4.72 Å². The van der Waals surface area contributed by atoms with Gasteiger partial charge in [0, 0.05) is 13.0 Å². The van der Waals surface area contributed by atoms with Crippen LogP contribution in [0.1, 0.15) is 49.8 Å². The third kappa shape index (κ3) is 3.08. The van der Waals surface area contributed by atoms with Crippen LogP contribution >= 0.6 is 0 Å². The molecule has 124 valence electrons. The Morgan fingerprint density at radius 1 is 1.22 bits per heavy atom. The van der Waals surface area contributed by atoms with E-state index in [1.54, 1.807) is 11.7 Å². The number of anilines is 1. The maximum absolute atomic E-state index is 12.8. The summed E-state index contributed by atoms with van der Waals surface area (Å²) in [7, 11) is -1.94. The van der Waals surface area contributed by atoms with Gasteiger partial charge < -0.3 is 0 Å². The summed E-state index contributed by atoms with van der Waals surface area (Å²) in [4.78, 5) is 8.77. The fourth-order valence-electron chi connectivity index (χ4n) is 2.68. The zero-order chi connectivity index (χ0) is 16.6. The van der Waals surface area contributed by atoms with Gasteiger partial charge in [-0.2, -0.15) is 5.10 Å². The number of aryl methyl sites for hydroxylation is 2. The van der Waals surface area contributed by atoms with E-state index >= 15 is 0 Å². The summed E-state index contributed by atoms with van der Waals surface area (Å²) in [5.74, 6) is 1.23. The molecule has 1 aliphatic carbocycles. The van der Waals surface area contributed by atoms with E-state index in [2.05, 4.69) is 19.8 Å². The average molecular weight is 335 g/mol. The molecule has 1 aliphatic rings. The van der Waals surface area contributed by atoms with E-state index in [0.717, 1.165) is 18.7 Å². The molecule has 1 N–H and O–H groups in total. The Morgan fingerprint density at radius 3 is 2.39 bits per heavy atom. The largest absolute Gasteiger partial charge is 0.276 e. The van der Waals surface area contributed by atoms with Gasteiger partial charge in [0.25, 0.3) is 10.0 Å². The highest BCUT2D eigenvalue weighted by molar-refractivity contribution is 7.92. The summed E-state index contributed by atoms with van der Waals surface area (Å²) in [6.45, 7) is 3.82. The Kier molecular flexibility index (Phi) is 4.09. The first-order valence-electron chi connectivity index (χ1n) is 7.85. The van der Waals surface area contributed by atoms with Crippen molar-refractivity contribution in [3.05, 3.63) is 29.6 Å². The van der Waals surface area contributed by atoms with Crippen molar-refractivity contribution < 1.29 is 8.42 Å². The highest BCUT2D eigenvalue weighted by Crippen LogP contribution is 2.37. The predicted octanol–water partition coefficient (Wildman–Crippen LogP) is 2.01. The van der Waals surface area contributed by atoms with Crippen molar-refractivity contribution in [2.45, 2.75) is 50.3 Å². The lowest BCUT2D eigenvalue weighted by Gasteiger charge is -2.09. The minimum atomic E-state index is -3.71. The van der Waals surface area contributed by atoms with E-state index in [-0.39, 0.29) is 4.90 Å². The molecule has 0 unspecified atom stereocenters. The molecule has 8 heteroatoms. The van der Waals surface area contributed by atoms with E-state index in [9.17, 15) is 8.42 Å². The first-order valence-corrected chi connectivity index (χ1v) is 9.34. The van der Waals surface area contributed by atoms with Gasteiger partial charge in [-0.15, -0.1) is 0 Å². The molecule has 2 aromatic rings. The van der Waals surface area contributed by atoms with Crippen LogP contribution in [-0.2, 0) is 29.9 Å². The Hall–Kier alpha value is -1.96.